The van der Waals surface area contributed by atoms with Crippen molar-refractivity contribution < 1.29 is 14.3 Å². The highest BCUT2D eigenvalue weighted by Crippen LogP contribution is 2.33. The van der Waals surface area contributed by atoms with Crippen LogP contribution in [0.1, 0.15) is 30.4 Å². The summed E-state index contributed by atoms with van der Waals surface area (Å²) in [7, 11) is 5.42. The van der Waals surface area contributed by atoms with Crippen LogP contribution in [-0.2, 0) is 17.8 Å². The van der Waals surface area contributed by atoms with Gasteiger partial charge in [-0.15, -0.1) is 0 Å². The topological polar surface area (TPSA) is 42.0 Å². The Balaban J connectivity index is 1.70. The van der Waals surface area contributed by atoms with E-state index in [1.807, 2.05) is 17.0 Å². The molecule has 1 atom stereocenters. The van der Waals surface area contributed by atoms with Gasteiger partial charge in [0, 0.05) is 25.6 Å². The number of nitrogens with zero attached hydrogens (tertiary/aromatic N) is 2. The van der Waals surface area contributed by atoms with Gasteiger partial charge in [0.05, 0.1) is 14.2 Å². The maximum Gasteiger partial charge on any atom is 0.224 e. The fraction of sp³-hybridized carbons (Fsp3) is 0.611. The van der Waals surface area contributed by atoms with Crippen LogP contribution in [-0.4, -0.2) is 56.1 Å². The lowest BCUT2D eigenvalue weighted by Crippen LogP contribution is -2.39. The predicted molar refractivity (Wildman–Crippen MR) is 88.9 cm³/mol. The minimum atomic E-state index is 0.268. The van der Waals surface area contributed by atoms with Gasteiger partial charge in [0.1, 0.15) is 0 Å². The van der Waals surface area contributed by atoms with Gasteiger partial charge in [0.25, 0.3) is 0 Å². The highest BCUT2D eigenvalue weighted by Gasteiger charge is 2.28. The minimum absolute atomic E-state index is 0.268. The summed E-state index contributed by atoms with van der Waals surface area (Å²) in [5, 5.41) is 0. The molecule has 0 saturated carbocycles. The van der Waals surface area contributed by atoms with Crippen molar-refractivity contribution in [2.45, 2.75) is 38.3 Å². The number of methoxy groups -OCH3 is 2. The summed E-state index contributed by atoms with van der Waals surface area (Å²) in [5.74, 6) is 1.76. The molecule has 23 heavy (non-hydrogen) atoms. The number of fused-ring (bicyclic) bond motifs is 1. The fourth-order valence-corrected chi connectivity index (χ4v) is 3.66. The summed E-state index contributed by atoms with van der Waals surface area (Å²) < 4.78 is 10.8. The number of hydrogen-bond donors (Lipinski definition) is 0. The second-order valence-electron chi connectivity index (χ2n) is 6.52. The highest BCUT2D eigenvalue weighted by atomic mass is 16.5. The molecule has 1 amide bonds. The van der Waals surface area contributed by atoms with E-state index in [2.05, 4.69) is 11.9 Å². The van der Waals surface area contributed by atoms with Gasteiger partial charge in [-0.3, -0.25) is 4.79 Å². The number of ether oxygens (including phenoxy) is 2. The SMILES string of the molecule is COc1cc2c(cc1OC)CN(C(=O)CC1CCCN1C)CC2. The minimum Gasteiger partial charge on any atom is -0.493 e. The summed E-state index contributed by atoms with van der Waals surface area (Å²) in [6, 6.07) is 4.46. The lowest BCUT2D eigenvalue weighted by atomic mass is 9.98. The van der Waals surface area contributed by atoms with Crippen LogP contribution in [0.2, 0.25) is 0 Å². The Labute approximate surface area is 138 Å². The first-order valence-corrected chi connectivity index (χ1v) is 8.34. The van der Waals surface area contributed by atoms with Crippen molar-refractivity contribution in [2.75, 3.05) is 34.4 Å². The van der Waals surface area contributed by atoms with Gasteiger partial charge in [-0.25, -0.2) is 0 Å². The van der Waals surface area contributed by atoms with Crippen molar-refractivity contribution in [3.05, 3.63) is 23.3 Å². The molecular weight excluding hydrogens is 292 g/mol. The van der Waals surface area contributed by atoms with Gasteiger partial charge in [-0.1, -0.05) is 0 Å². The molecule has 0 bridgehead atoms. The summed E-state index contributed by atoms with van der Waals surface area (Å²) in [6.07, 6.45) is 3.85. The molecule has 2 aliphatic heterocycles. The molecule has 5 nitrogen and oxygen atoms in total. The molecule has 2 aliphatic rings. The van der Waals surface area contributed by atoms with Gasteiger partial charge < -0.3 is 19.3 Å². The van der Waals surface area contributed by atoms with E-state index in [1.54, 1.807) is 14.2 Å². The predicted octanol–water partition coefficient (Wildman–Crippen LogP) is 2.07. The monoisotopic (exact) mass is 318 g/mol. The zero-order valence-electron chi connectivity index (χ0n) is 14.3. The second kappa shape index (κ2) is 6.79. The molecule has 2 heterocycles. The van der Waals surface area contributed by atoms with Crippen molar-refractivity contribution in [3.63, 3.8) is 0 Å². The molecule has 5 heteroatoms. The van der Waals surface area contributed by atoms with Crippen molar-refractivity contribution in [1.29, 1.82) is 0 Å². The van der Waals surface area contributed by atoms with Crippen LogP contribution in [0, 0.1) is 0 Å². The van der Waals surface area contributed by atoms with E-state index in [4.69, 9.17) is 9.47 Å². The average Bonchev–Trinajstić information content (AvgIpc) is 2.97. The van der Waals surface area contributed by atoms with Gasteiger partial charge in [0.15, 0.2) is 11.5 Å². The summed E-state index contributed by atoms with van der Waals surface area (Å²) >= 11 is 0. The first-order valence-electron chi connectivity index (χ1n) is 8.34. The van der Waals surface area contributed by atoms with E-state index in [-0.39, 0.29) is 5.91 Å². The van der Waals surface area contributed by atoms with Crippen molar-refractivity contribution in [3.8, 4) is 11.5 Å². The van der Waals surface area contributed by atoms with Gasteiger partial charge in [-0.05, 0) is 56.1 Å². The normalized spacial score (nSPS) is 21.2. The quantitative estimate of drug-likeness (QED) is 0.852. The maximum absolute atomic E-state index is 12.6. The summed E-state index contributed by atoms with van der Waals surface area (Å²) in [4.78, 5) is 16.9. The van der Waals surface area contributed by atoms with Gasteiger partial charge in [0.2, 0.25) is 5.91 Å². The lowest BCUT2D eigenvalue weighted by molar-refractivity contribution is -0.133. The molecule has 0 spiro atoms. The molecular formula is C18H26N2O3. The number of likely N-dealkylation sites (tertiary alicyclic amines) is 1. The number of rotatable bonds is 4. The van der Waals surface area contributed by atoms with Crippen LogP contribution >= 0.6 is 0 Å². The fourth-order valence-electron chi connectivity index (χ4n) is 3.66. The van der Waals surface area contributed by atoms with Crippen molar-refractivity contribution in [1.82, 2.24) is 9.80 Å². The second-order valence-corrected chi connectivity index (χ2v) is 6.52. The largest absolute Gasteiger partial charge is 0.493 e. The summed E-state index contributed by atoms with van der Waals surface area (Å²) in [5.41, 5.74) is 2.42. The zero-order chi connectivity index (χ0) is 16.4. The molecule has 126 valence electrons. The number of amides is 1. The van der Waals surface area contributed by atoms with E-state index < -0.39 is 0 Å². The number of carbonyl (C=O) groups is 1. The number of benzene rings is 1. The zero-order valence-corrected chi connectivity index (χ0v) is 14.3. The Kier molecular flexibility index (Phi) is 4.76. The molecule has 3 rings (SSSR count). The maximum atomic E-state index is 12.6. The Morgan fingerprint density at radius 2 is 1.87 bits per heavy atom. The van der Waals surface area contributed by atoms with Crippen molar-refractivity contribution >= 4 is 5.91 Å². The highest BCUT2D eigenvalue weighted by molar-refractivity contribution is 5.77. The van der Waals surface area contributed by atoms with Gasteiger partial charge >= 0.3 is 0 Å². The molecule has 1 fully saturated rings. The Hall–Kier alpha value is -1.75. The smallest absolute Gasteiger partial charge is 0.224 e. The van der Waals surface area contributed by atoms with E-state index in [9.17, 15) is 4.79 Å². The standard InChI is InChI=1S/C18H26N2O3/c1-19-7-4-5-15(19)11-18(21)20-8-6-13-9-16(22-2)17(23-3)10-14(13)12-20/h9-10,15H,4-8,11-12H2,1-3H3. The third kappa shape index (κ3) is 3.29. The molecule has 1 unspecified atom stereocenters. The molecule has 1 aromatic carbocycles. The number of carbonyl (C=O) groups excluding carboxylic acids is 1. The lowest BCUT2D eigenvalue weighted by Gasteiger charge is -2.31. The molecule has 0 aromatic heterocycles. The molecule has 1 saturated heterocycles. The Morgan fingerprint density at radius 3 is 2.48 bits per heavy atom. The van der Waals surface area contributed by atoms with E-state index >= 15 is 0 Å². The average molecular weight is 318 g/mol. The molecule has 0 N–H and O–H groups in total. The van der Waals surface area contributed by atoms with Crippen LogP contribution in [0.25, 0.3) is 0 Å². The Morgan fingerprint density at radius 1 is 1.17 bits per heavy atom. The molecule has 0 aliphatic carbocycles. The van der Waals surface area contributed by atoms with Crippen LogP contribution in [0.15, 0.2) is 12.1 Å². The van der Waals surface area contributed by atoms with E-state index in [0.29, 0.717) is 19.0 Å². The first-order chi connectivity index (χ1) is 11.1. The Bertz CT molecular complexity index is 588. The first kappa shape index (κ1) is 16.1. The van der Waals surface area contributed by atoms with Crippen LogP contribution in [0.4, 0.5) is 0 Å². The van der Waals surface area contributed by atoms with Gasteiger partial charge in [-0.2, -0.15) is 0 Å². The van der Waals surface area contributed by atoms with Crippen LogP contribution < -0.4 is 9.47 Å². The van der Waals surface area contributed by atoms with E-state index in [1.165, 1.54) is 17.5 Å². The third-order valence-electron chi connectivity index (χ3n) is 5.15. The third-order valence-corrected chi connectivity index (χ3v) is 5.15. The van der Waals surface area contributed by atoms with Crippen LogP contribution in [0.3, 0.4) is 0 Å². The van der Waals surface area contributed by atoms with Crippen LogP contribution in [0.5, 0.6) is 11.5 Å². The number of hydrogen-bond acceptors (Lipinski definition) is 4. The summed E-state index contributed by atoms with van der Waals surface area (Å²) in [6.45, 7) is 2.57. The van der Waals surface area contributed by atoms with E-state index in [0.717, 1.165) is 37.4 Å². The van der Waals surface area contributed by atoms with Crippen molar-refractivity contribution in [2.24, 2.45) is 0 Å². The molecule has 1 aromatic rings. The molecule has 0 radical (unpaired) electrons.